The largest absolute Gasteiger partial charge is 0.371 e. The third kappa shape index (κ3) is 5.19. The van der Waals surface area contributed by atoms with Crippen LogP contribution in [0.15, 0.2) is 24.3 Å². The lowest BCUT2D eigenvalue weighted by Crippen LogP contribution is -2.34. The number of benzene rings is 1. The molecule has 0 spiro atoms. The number of hydrogen-bond donors (Lipinski definition) is 0. The van der Waals surface area contributed by atoms with E-state index in [9.17, 15) is 4.39 Å². The van der Waals surface area contributed by atoms with Gasteiger partial charge in [0.15, 0.2) is 0 Å². The molecular formula is C23H34FN3. The Labute approximate surface area is 163 Å². The molecule has 27 heavy (non-hydrogen) atoms. The number of fused-ring (bicyclic) bond motifs is 1. The van der Waals surface area contributed by atoms with Gasteiger partial charge in [0.25, 0.3) is 0 Å². The van der Waals surface area contributed by atoms with Crippen LogP contribution in [0.4, 0.5) is 10.1 Å². The van der Waals surface area contributed by atoms with Crippen LogP contribution in [0, 0.1) is 18.7 Å². The summed E-state index contributed by atoms with van der Waals surface area (Å²) in [4.78, 5) is 9.50. The van der Waals surface area contributed by atoms with E-state index in [-0.39, 0.29) is 5.82 Å². The Balaban J connectivity index is 1.54. The van der Waals surface area contributed by atoms with E-state index in [2.05, 4.69) is 34.7 Å². The summed E-state index contributed by atoms with van der Waals surface area (Å²) in [5.74, 6) is 0.638. The van der Waals surface area contributed by atoms with Gasteiger partial charge >= 0.3 is 0 Å². The van der Waals surface area contributed by atoms with Crippen LogP contribution >= 0.6 is 0 Å². The van der Waals surface area contributed by atoms with Crippen molar-refractivity contribution in [1.29, 1.82) is 0 Å². The van der Waals surface area contributed by atoms with Gasteiger partial charge in [-0.2, -0.15) is 0 Å². The Bertz CT molecular complexity index is 728. The number of unbranched alkanes of at least 4 members (excludes halogenated alkanes) is 1. The fourth-order valence-corrected chi connectivity index (χ4v) is 4.34. The number of aryl methyl sites for hydroxylation is 1. The van der Waals surface area contributed by atoms with Gasteiger partial charge in [0, 0.05) is 35.9 Å². The van der Waals surface area contributed by atoms with Crippen molar-refractivity contribution >= 4 is 16.6 Å². The molecule has 148 valence electrons. The normalized spacial score (nSPS) is 15.8. The number of piperidine rings is 1. The topological polar surface area (TPSA) is 19.4 Å². The molecule has 0 aliphatic carbocycles. The van der Waals surface area contributed by atoms with Crippen LogP contribution in [0.3, 0.4) is 0 Å². The average Bonchev–Trinajstić information content (AvgIpc) is 2.67. The van der Waals surface area contributed by atoms with Crippen molar-refractivity contribution in [3.8, 4) is 0 Å². The maximum Gasteiger partial charge on any atom is 0.125 e. The Hall–Kier alpha value is -1.68. The SMILES string of the molecule is CCN(CC)CCCCC1CCN(c2cc(C)nc3cc(F)ccc23)CC1. The van der Waals surface area contributed by atoms with E-state index in [0.29, 0.717) is 0 Å². The maximum absolute atomic E-state index is 13.6. The van der Waals surface area contributed by atoms with Crippen molar-refractivity contribution in [2.75, 3.05) is 37.6 Å². The zero-order valence-electron chi connectivity index (χ0n) is 17.2. The number of hydrogen-bond acceptors (Lipinski definition) is 3. The summed E-state index contributed by atoms with van der Waals surface area (Å²) >= 11 is 0. The fraction of sp³-hybridized carbons (Fsp3) is 0.609. The molecule has 2 heterocycles. The first-order valence-corrected chi connectivity index (χ1v) is 10.6. The average molecular weight is 372 g/mol. The van der Waals surface area contributed by atoms with Gasteiger partial charge in [-0.25, -0.2) is 4.39 Å². The summed E-state index contributed by atoms with van der Waals surface area (Å²) in [6.45, 7) is 12.3. The zero-order valence-corrected chi connectivity index (χ0v) is 17.2. The van der Waals surface area contributed by atoms with Gasteiger partial charge in [-0.15, -0.1) is 0 Å². The predicted octanol–water partition coefficient (Wildman–Crippen LogP) is 5.41. The molecule has 0 N–H and O–H groups in total. The molecule has 1 fully saturated rings. The highest BCUT2D eigenvalue weighted by atomic mass is 19.1. The highest BCUT2D eigenvalue weighted by Crippen LogP contribution is 2.32. The van der Waals surface area contributed by atoms with Crippen molar-refractivity contribution in [3.63, 3.8) is 0 Å². The second kappa shape index (κ2) is 9.50. The molecule has 1 aliphatic rings. The number of halogens is 1. The molecule has 1 aromatic heterocycles. The van der Waals surface area contributed by atoms with E-state index in [1.807, 2.05) is 13.0 Å². The van der Waals surface area contributed by atoms with Crippen LogP contribution in [0.5, 0.6) is 0 Å². The van der Waals surface area contributed by atoms with E-state index in [1.54, 1.807) is 12.1 Å². The minimum atomic E-state index is -0.213. The van der Waals surface area contributed by atoms with Crippen molar-refractivity contribution < 1.29 is 4.39 Å². The van der Waals surface area contributed by atoms with Crippen LogP contribution in [0.2, 0.25) is 0 Å². The summed E-state index contributed by atoms with van der Waals surface area (Å²) in [6, 6.07) is 7.14. The molecular weight excluding hydrogens is 337 g/mol. The number of pyridine rings is 1. The van der Waals surface area contributed by atoms with Gasteiger partial charge in [0.05, 0.1) is 5.52 Å². The maximum atomic E-state index is 13.6. The summed E-state index contributed by atoms with van der Waals surface area (Å²) in [7, 11) is 0. The standard InChI is InChI=1S/C23H34FN3/c1-4-26(5-2)13-7-6-8-19-11-14-27(15-12-19)23-16-18(3)25-22-17-20(24)9-10-21(22)23/h9-10,16-17,19H,4-8,11-15H2,1-3H3. The molecule has 3 rings (SSSR count). The minimum absolute atomic E-state index is 0.213. The van der Waals surface area contributed by atoms with Crippen LogP contribution in [0.25, 0.3) is 10.9 Å². The highest BCUT2D eigenvalue weighted by molar-refractivity contribution is 5.92. The lowest BCUT2D eigenvalue weighted by molar-refractivity contribution is 0.286. The van der Waals surface area contributed by atoms with Gasteiger partial charge in [-0.05, 0) is 69.9 Å². The zero-order chi connectivity index (χ0) is 19.2. The molecule has 0 bridgehead atoms. The number of anilines is 1. The fourth-order valence-electron chi connectivity index (χ4n) is 4.34. The summed E-state index contributed by atoms with van der Waals surface area (Å²) in [5.41, 5.74) is 2.95. The van der Waals surface area contributed by atoms with Crippen molar-refractivity contribution in [2.24, 2.45) is 5.92 Å². The van der Waals surface area contributed by atoms with Crippen LogP contribution in [-0.4, -0.2) is 42.6 Å². The molecule has 0 unspecified atom stereocenters. The monoisotopic (exact) mass is 371 g/mol. The molecule has 0 saturated carbocycles. The lowest BCUT2D eigenvalue weighted by atomic mass is 9.91. The molecule has 3 nitrogen and oxygen atoms in total. The summed E-state index contributed by atoms with van der Waals surface area (Å²) in [6.07, 6.45) is 6.54. The molecule has 1 aliphatic heterocycles. The van der Waals surface area contributed by atoms with Crippen molar-refractivity contribution in [2.45, 2.75) is 52.9 Å². The second-order valence-corrected chi connectivity index (χ2v) is 7.90. The van der Waals surface area contributed by atoms with Crippen LogP contribution in [0.1, 0.15) is 51.6 Å². The number of aromatic nitrogens is 1. The Morgan fingerprint density at radius 3 is 2.56 bits per heavy atom. The van der Waals surface area contributed by atoms with E-state index >= 15 is 0 Å². The third-order valence-electron chi connectivity index (χ3n) is 6.06. The van der Waals surface area contributed by atoms with Gasteiger partial charge in [0.1, 0.15) is 5.82 Å². The second-order valence-electron chi connectivity index (χ2n) is 7.90. The first kappa shape index (κ1) is 20.1. The van der Waals surface area contributed by atoms with Crippen LogP contribution in [-0.2, 0) is 0 Å². The smallest absolute Gasteiger partial charge is 0.125 e. The number of rotatable bonds is 8. The van der Waals surface area contributed by atoms with E-state index < -0.39 is 0 Å². The highest BCUT2D eigenvalue weighted by Gasteiger charge is 2.21. The van der Waals surface area contributed by atoms with Crippen LogP contribution < -0.4 is 4.90 Å². The van der Waals surface area contributed by atoms with E-state index in [0.717, 1.165) is 48.7 Å². The van der Waals surface area contributed by atoms with Gasteiger partial charge in [-0.3, -0.25) is 4.98 Å². The quantitative estimate of drug-likeness (QED) is 0.578. The molecule has 0 atom stereocenters. The van der Waals surface area contributed by atoms with Gasteiger partial charge in [0.2, 0.25) is 0 Å². The summed E-state index contributed by atoms with van der Waals surface area (Å²) in [5, 5.41) is 1.07. The Morgan fingerprint density at radius 1 is 1.11 bits per heavy atom. The third-order valence-corrected chi connectivity index (χ3v) is 6.06. The van der Waals surface area contributed by atoms with Gasteiger partial charge in [-0.1, -0.05) is 26.7 Å². The lowest BCUT2D eigenvalue weighted by Gasteiger charge is -2.34. The molecule has 2 aromatic rings. The number of nitrogens with zero attached hydrogens (tertiary/aromatic N) is 3. The first-order valence-electron chi connectivity index (χ1n) is 10.6. The summed E-state index contributed by atoms with van der Waals surface area (Å²) < 4.78 is 13.6. The first-order chi connectivity index (χ1) is 13.1. The molecule has 1 aromatic carbocycles. The molecule has 1 saturated heterocycles. The molecule has 0 radical (unpaired) electrons. The molecule has 0 amide bonds. The molecule has 4 heteroatoms. The van der Waals surface area contributed by atoms with E-state index in [4.69, 9.17) is 0 Å². The van der Waals surface area contributed by atoms with Gasteiger partial charge < -0.3 is 9.80 Å². The predicted molar refractivity (Wildman–Crippen MR) is 113 cm³/mol. The Morgan fingerprint density at radius 2 is 1.85 bits per heavy atom. The van der Waals surface area contributed by atoms with Crippen molar-refractivity contribution in [1.82, 2.24) is 9.88 Å². The van der Waals surface area contributed by atoms with Crippen molar-refractivity contribution in [3.05, 3.63) is 35.8 Å². The minimum Gasteiger partial charge on any atom is -0.371 e. The Kier molecular flexibility index (Phi) is 7.06. The van der Waals surface area contributed by atoms with E-state index in [1.165, 1.54) is 44.3 Å².